The number of hydrogen-bond acceptors (Lipinski definition) is 8. The maximum absolute atomic E-state index is 13.1. The van der Waals surface area contributed by atoms with E-state index in [1.807, 2.05) is 13.8 Å². The molecule has 32 heavy (non-hydrogen) atoms. The number of rotatable bonds is 8. The fourth-order valence-corrected chi connectivity index (χ4v) is 7.44. The van der Waals surface area contributed by atoms with E-state index in [-0.39, 0.29) is 22.0 Å². The van der Waals surface area contributed by atoms with Crippen molar-refractivity contribution in [3.63, 3.8) is 0 Å². The fourth-order valence-electron chi connectivity index (χ4n) is 4.92. The van der Waals surface area contributed by atoms with Crippen LogP contribution in [0, 0.1) is 16.7 Å². The second kappa shape index (κ2) is 8.67. The predicted molar refractivity (Wildman–Crippen MR) is 126 cm³/mol. The Morgan fingerprint density at radius 2 is 1.91 bits per heavy atom. The zero-order valence-corrected chi connectivity index (χ0v) is 20.7. The van der Waals surface area contributed by atoms with E-state index in [2.05, 4.69) is 36.3 Å². The van der Waals surface area contributed by atoms with Crippen molar-refractivity contribution in [2.45, 2.75) is 57.0 Å². The van der Waals surface area contributed by atoms with Gasteiger partial charge in [0.25, 0.3) is 5.91 Å². The van der Waals surface area contributed by atoms with Gasteiger partial charge < -0.3 is 9.47 Å². The number of aromatic nitrogens is 2. The van der Waals surface area contributed by atoms with Crippen molar-refractivity contribution in [1.29, 1.82) is 0 Å². The Labute approximate surface area is 196 Å². The van der Waals surface area contributed by atoms with Gasteiger partial charge in [0, 0.05) is 11.0 Å². The molecule has 3 unspecified atom stereocenters. The lowest BCUT2D eigenvalue weighted by atomic mass is 9.70. The number of ketones is 1. The van der Waals surface area contributed by atoms with Crippen LogP contribution in [0.1, 0.15) is 57.8 Å². The van der Waals surface area contributed by atoms with E-state index in [0.717, 1.165) is 12.8 Å². The van der Waals surface area contributed by atoms with Gasteiger partial charge in [-0.3, -0.25) is 14.9 Å². The van der Waals surface area contributed by atoms with E-state index < -0.39 is 0 Å². The first-order chi connectivity index (χ1) is 15.2. The third kappa shape index (κ3) is 3.79. The van der Waals surface area contributed by atoms with E-state index in [0.29, 0.717) is 51.4 Å². The molecule has 4 rings (SSSR count). The lowest BCUT2D eigenvalue weighted by Crippen LogP contribution is -2.34. The molecule has 2 bridgehead atoms. The summed E-state index contributed by atoms with van der Waals surface area (Å²) in [5.41, 5.74) is 0.178. The second-order valence-electron chi connectivity index (χ2n) is 8.96. The lowest BCUT2D eigenvalue weighted by molar-refractivity contribution is -0.127. The van der Waals surface area contributed by atoms with Gasteiger partial charge in [0.15, 0.2) is 21.6 Å². The molecule has 2 fully saturated rings. The number of carbonyl (C=O) groups excluding carboxylic acids is 2. The van der Waals surface area contributed by atoms with E-state index >= 15 is 0 Å². The fraction of sp³-hybridized carbons (Fsp3) is 0.565. The zero-order valence-electron chi connectivity index (χ0n) is 19.1. The zero-order chi connectivity index (χ0) is 23.1. The van der Waals surface area contributed by atoms with Crippen LogP contribution in [-0.2, 0) is 4.79 Å². The molecule has 0 radical (unpaired) electrons. The minimum absolute atomic E-state index is 0.00456. The van der Waals surface area contributed by atoms with Crippen molar-refractivity contribution in [1.82, 2.24) is 10.2 Å². The number of anilines is 1. The molecular weight excluding hydrogens is 446 g/mol. The number of thioether (sulfide) groups is 1. The van der Waals surface area contributed by atoms with Crippen LogP contribution in [-0.4, -0.2) is 40.4 Å². The summed E-state index contributed by atoms with van der Waals surface area (Å²) in [6, 6.07) is 5.08. The number of hydrogen-bond donors (Lipinski definition) is 1. The number of Topliss-reactive ketones (excluding diaryl/α,β-unsaturated/α-hetero) is 1. The maximum atomic E-state index is 13.1. The van der Waals surface area contributed by atoms with Crippen molar-refractivity contribution in [2.24, 2.45) is 16.7 Å². The molecule has 0 aliphatic heterocycles. The molecule has 3 atom stereocenters. The summed E-state index contributed by atoms with van der Waals surface area (Å²) < 4.78 is 11.9. The third-order valence-electron chi connectivity index (χ3n) is 7.13. The highest BCUT2D eigenvalue weighted by molar-refractivity contribution is 8.02. The largest absolute Gasteiger partial charge is 0.490 e. The highest BCUT2D eigenvalue weighted by atomic mass is 32.2. The molecule has 1 aromatic carbocycles. The average molecular weight is 476 g/mol. The summed E-state index contributed by atoms with van der Waals surface area (Å²) in [4.78, 5) is 25.8. The van der Waals surface area contributed by atoms with Crippen LogP contribution in [0.2, 0.25) is 0 Å². The SMILES string of the molecule is CCOc1ccc(C(=O)Nc2nnc(SC3C(=O)C4(C)CCC3C4(C)C)s2)cc1OCC. The Morgan fingerprint density at radius 1 is 1.19 bits per heavy atom. The molecule has 0 saturated heterocycles. The van der Waals surface area contributed by atoms with Gasteiger partial charge in [0.1, 0.15) is 0 Å². The van der Waals surface area contributed by atoms with Gasteiger partial charge in [-0.1, -0.05) is 43.9 Å². The molecule has 7 nitrogen and oxygen atoms in total. The Bertz CT molecular complexity index is 1040. The van der Waals surface area contributed by atoms with E-state index in [4.69, 9.17) is 9.47 Å². The Hall–Kier alpha value is -2.13. The van der Waals surface area contributed by atoms with Gasteiger partial charge in [0.2, 0.25) is 5.13 Å². The molecule has 9 heteroatoms. The lowest BCUT2D eigenvalue weighted by Gasteiger charge is -2.32. The van der Waals surface area contributed by atoms with Crippen molar-refractivity contribution in [3.05, 3.63) is 23.8 Å². The van der Waals surface area contributed by atoms with Crippen molar-refractivity contribution >= 4 is 39.9 Å². The van der Waals surface area contributed by atoms with E-state index in [1.165, 1.54) is 23.1 Å². The monoisotopic (exact) mass is 475 g/mol. The molecule has 1 N–H and O–H groups in total. The normalized spacial score (nSPS) is 25.7. The number of amides is 1. The number of fused-ring (bicyclic) bond motifs is 2. The van der Waals surface area contributed by atoms with Crippen LogP contribution >= 0.6 is 23.1 Å². The molecule has 2 saturated carbocycles. The number of carbonyl (C=O) groups is 2. The summed E-state index contributed by atoms with van der Waals surface area (Å²) in [7, 11) is 0. The summed E-state index contributed by atoms with van der Waals surface area (Å²) in [5.74, 6) is 1.50. The first kappa shape index (κ1) is 23.0. The summed E-state index contributed by atoms with van der Waals surface area (Å²) in [5, 5.41) is 11.5. The quantitative estimate of drug-likeness (QED) is 0.533. The molecule has 1 aromatic heterocycles. The minimum Gasteiger partial charge on any atom is -0.490 e. The molecule has 0 spiro atoms. The predicted octanol–water partition coefficient (Wildman–Crippen LogP) is 5.07. The summed E-state index contributed by atoms with van der Waals surface area (Å²) in [6.45, 7) is 11.3. The highest BCUT2D eigenvalue weighted by Crippen LogP contribution is 2.66. The van der Waals surface area contributed by atoms with E-state index in [1.54, 1.807) is 18.2 Å². The highest BCUT2D eigenvalue weighted by Gasteiger charge is 2.66. The number of nitrogens with zero attached hydrogens (tertiary/aromatic N) is 2. The molecule has 1 heterocycles. The van der Waals surface area contributed by atoms with Crippen LogP contribution in [0.3, 0.4) is 0 Å². The first-order valence-electron chi connectivity index (χ1n) is 11.0. The van der Waals surface area contributed by atoms with Crippen molar-refractivity contribution in [2.75, 3.05) is 18.5 Å². The summed E-state index contributed by atoms with van der Waals surface area (Å²) in [6.07, 6.45) is 2.03. The van der Waals surface area contributed by atoms with Gasteiger partial charge >= 0.3 is 0 Å². The first-order valence-corrected chi connectivity index (χ1v) is 12.7. The van der Waals surface area contributed by atoms with Crippen LogP contribution in [0.5, 0.6) is 11.5 Å². The number of nitrogens with one attached hydrogen (secondary N) is 1. The van der Waals surface area contributed by atoms with Gasteiger partial charge in [-0.2, -0.15) is 0 Å². The van der Waals surface area contributed by atoms with Gasteiger partial charge in [0.05, 0.1) is 18.5 Å². The Kier molecular flexibility index (Phi) is 6.24. The Morgan fingerprint density at radius 3 is 2.56 bits per heavy atom. The minimum atomic E-state index is -0.300. The van der Waals surface area contributed by atoms with Crippen molar-refractivity contribution in [3.8, 4) is 11.5 Å². The number of ether oxygens (including phenoxy) is 2. The molecule has 2 aromatic rings. The van der Waals surface area contributed by atoms with Crippen molar-refractivity contribution < 1.29 is 19.1 Å². The van der Waals surface area contributed by atoms with Gasteiger partial charge in [-0.25, -0.2) is 0 Å². The van der Waals surface area contributed by atoms with Gasteiger partial charge in [-0.05, 0) is 56.2 Å². The maximum Gasteiger partial charge on any atom is 0.257 e. The third-order valence-corrected chi connectivity index (χ3v) is 9.38. The van der Waals surface area contributed by atoms with Crippen LogP contribution in [0.25, 0.3) is 0 Å². The second-order valence-corrected chi connectivity index (χ2v) is 11.3. The molecule has 1 amide bonds. The molecule has 2 aliphatic carbocycles. The molecule has 2 aliphatic rings. The molecular formula is C23H29N3O4S2. The van der Waals surface area contributed by atoms with Crippen LogP contribution in [0.4, 0.5) is 5.13 Å². The smallest absolute Gasteiger partial charge is 0.257 e. The number of benzene rings is 1. The van der Waals surface area contributed by atoms with E-state index in [9.17, 15) is 9.59 Å². The average Bonchev–Trinajstić information content (AvgIpc) is 3.32. The topological polar surface area (TPSA) is 90.4 Å². The van der Waals surface area contributed by atoms with Gasteiger partial charge in [-0.15, -0.1) is 10.2 Å². The molecule has 172 valence electrons. The van der Waals surface area contributed by atoms with Crippen LogP contribution < -0.4 is 14.8 Å². The summed E-state index contributed by atoms with van der Waals surface area (Å²) >= 11 is 2.79. The Balaban J connectivity index is 1.44. The standard InChI is InChI=1S/C23H29N3O4S2/c1-6-29-15-9-8-13(12-16(15)30-7-2)19(28)24-20-25-26-21(32-20)31-17-14-10-11-23(5,18(17)27)22(14,3)4/h8-9,12,14,17H,6-7,10-11H2,1-5H3,(H,24,25,28). The van der Waals surface area contributed by atoms with Crippen LogP contribution in [0.15, 0.2) is 22.5 Å².